The van der Waals surface area contributed by atoms with E-state index in [1.54, 1.807) is 26.3 Å². The Labute approximate surface area is 325 Å². The number of likely N-dealkylation sites (N-methyl/N-ethyl adjacent to an activating group) is 1. The van der Waals surface area contributed by atoms with E-state index < -0.39 is 74.0 Å². The van der Waals surface area contributed by atoms with Crippen molar-refractivity contribution in [2.24, 2.45) is 22.7 Å². The first-order chi connectivity index (χ1) is 25.5. The number of benzene rings is 1. The topological polar surface area (TPSA) is 171 Å². The number of carbonyl (C=O) groups excluding carboxylic acids is 4. The van der Waals surface area contributed by atoms with Gasteiger partial charge in [-0.05, 0) is 95.1 Å². The van der Waals surface area contributed by atoms with E-state index in [1.807, 2.05) is 78.7 Å². The Morgan fingerprint density at radius 2 is 1.78 bits per heavy atom. The lowest BCUT2D eigenvalue weighted by Gasteiger charge is -2.36. The van der Waals surface area contributed by atoms with Gasteiger partial charge in [0.2, 0.25) is 17.7 Å². The second-order valence-electron chi connectivity index (χ2n) is 17.8. The number of esters is 1. The molecule has 2 aromatic rings. The van der Waals surface area contributed by atoms with Crippen molar-refractivity contribution in [1.82, 2.24) is 19.5 Å². The summed E-state index contributed by atoms with van der Waals surface area (Å²) in [6.07, 6.45) is 2.54. The quantitative estimate of drug-likeness (QED) is 0.217. The molecule has 5 rings (SSSR count). The Morgan fingerprint density at radius 3 is 2.36 bits per heavy atom. The molecule has 1 aliphatic heterocycles. The van der Waals surface area contributed by atoms with Crippen molar-refractivity contribution in [3.8, 4) is 11.6 Å². The van der Waals surface area contributed by atoms with Crippen molar-refractivity contribution >= 4 is 44.6 Å². The van der Waals surface area contributed by atoms with Crippen molar-refractivity contribution < 1.29 is 46.0 Å². The number of amides is 2. The number of Topliss-reactive ketones (excluding diaryl/α,β-unsaturated/α-hetero) is 1. The van der Waals surface area contributed by atoms with Crippen molar-refractivity contribution in [3.05, 3.63) is 30.5 Å². The second kappa shape index (κ2) is 15.6. The zero-order valence-corrected chi connectivity index (χ0v) is 34.7. The third-order valence-electron chi connectivity index (χ3n) is 11.1. The molecule has 5 atom stereocenters. The first-order valence-corrected chi connectivity index (χ1v) is 20.5. The molecule has 2 aliphatic carbocycles. The number of pyridine rings is 1. The summed E-state index contributed by atoms with van der Waals surface area (Å²) in [7, 11) is 0.925. The van der Waals surface area contributed by atoms with Crippen LogP contribution in [0.5, 0.6) is 11.6 Å². The number of fused-ring (bicyclic) bond motifs is 1. The van der Waals surface area contributed by atoms with Crippen molar-refractivity contribution in [3.63, 3.8) is 0 Å². The molecule has 0 bridgehead atoms. The first kappa shape index (κ1) is 42.3. The van der Waals surface area contributed by atoms with Crippen LogP contribution >= 0.6 is 0 Å². The number of likely N-dealkylation sites (tertiary alicyclic amines) is 1. The number of ketones is 1. The molecule has 304 valence electrons. The fourth-order valence-electron chi connectivity index (χ4n) is 7.89. The molecule has 0 unspecified atom stereocenters. The predicted octanol–water partition coefficient (Wildman–Crippen LogP) is 4.83. The van der Waals surface area contributed by atoms with Gasteiger partial charge in [-0.1, -0.05) is 34.1 Å². The number of hydrogen-bond acceptors (Lipinski definition) is 12. The molecule has 2 saturated carbocycles. The maximum Gasteiger partial charge on any atom is 0.362 e. The van der Waals surface area contributed by atoms with E-state index in [9.17, 15) is 27.6 Å². The van der Waals surface area contributed by atoms with Crippen LogP contribution in [0.3, 0.4) is 0 Å². The largest absolute Gasteiger partial charge is 0.497 e. The van der Waals surface area contributed by atoms with Gasteiger partial charge >= 0.3 is 16.3 Å². The summed E-state index contributed by atoms with van der Waals surface area (Å²) in [5.74, 6) is -2.24. The SMILES string of the molecule is CC[C@@H]1C[C@]1(CC(=O)[C@@H]1C[C@@H](Oc2nccc3cc(OC)ccc23)CN1C(=O)[C@@H](CC(=O)OC(C)(C)CN(C)C)C(C)(C)C)C(=O)NS(=O)(=O)OC1(C)CC1. The van der Waals surface area contributed by atoms with Gasteiger partial charge in [0.25, 0.3) is 0 Å². The van der Waals surface area contributed by atoms with Crippen molar-refractivity contribution in [2.45, 2.75) is 117 Å². The van der Waals surface area contributed by atoms with Crippen LogP contribution in [-0.4, -0.2) is 104 Å². The smallest absolute Gasteiger partial charge is 0.362 e. The van der Waals surface area contributed by atoms with Gasteiger partial charge in [-0.15, -0.1) is 0 Å². The zero-order valence-electron chi connectivity index (χ0n) is 33.9. The number of hydrogen-bond donors (Lipinski definition) is 1. The fraction of sp³-hybridized carbons (Fsp3) is 0.675. The van der Waals surface area contributed by atoms with Crippen LogP contribution < -0.4 is 14.2 Å². The Bertz CT molecular complexity index is 1900. The normalized spacial score (nSPS) is 24.0. The van der Waals surface area contributed by atoms with Gasteiger partial charge < -0.3 is 24.0 Å². The van der Waals surface area contributed by atoms with Crippen LogP contribution in [0, 0.1) is 22.7 Å². The van der Waals surface area contributed by atoms with Crippen LogP contribution in [0.2, 0.25) is 0 Å². The van der Waals surface area contributed by atoms with E-state index in [0.717, 1.165) is 10.8 Å². The summed E-state index contributed by atoms with van der Waals surface area (Å²) in [5, 5.41) is 1.54. The van der Waals surface area contributed by atoms with E-state index in [1.165, 1.54) is 4.90 Å². The maximum absolute atomic E-state index is 14.7. The monoisotopic (exact) mass is 786 g/mol. The third kappa shape index (κ3) is 10.1. The van der Waals surface area contributed by atoms with E-state index in [0.29, 0.717) is 43.9 Å². The Balaban J connectivity index is 1.43. The van der Waals surface area contributed by atoms with Gasteiger partial charge in [0.05, 0.1) is 43.1 Å². The maximum atomic E-state index is 14.7. The molecule has 1 aromatic heterocycles. The highest BCUT2D eigenvalue weighted by atomic mass is 32.2. The average Bonchev–Trinajstić information content (AvgIpc) is 3.93. The van der Waals surface area contributed by atoms with E-state index in [4.69, 9.17) is 18.4 Å². The van der Waals surface area contributed by atoms with Gasteiger partial charge in [-0.2, -0.15) is 8.42 Å². The van der Waals surface area contributed by atoms with Crippen molar-refractivity contribution in [2.75, 3.05) is 34.3 Å². The third-order valence-corrected chi connectivity index (χ3v) is 12.1. The molecular weight excluding hydrogens is 729 g/mol. The predicted molar refractivity (Wildman–Crippen MR) is 205 cm³/mol. The van der Waals surface area contributed by atoms with E-state index in [2.05, 4.69) is 9.71 Å². The second-order valence-corrected chi connectivity index (χ2v) is 19.1. The molecule has 14 nitrogen and oxygen atoms in total. The lowest BCUT2D eigenvalue weighted by Crippen LogP contribution is -2.49. The van der Waals surface area contributed by atoms with Gasteiger partial charge in [0.1, 0.15) is 17.5 Å². The molecule has 1 saturated heterocycles. The van der Waals surface area contributed by atoms with Gasteiger partial charge in [0.15, 0.2) is 5.78 Å². The molecule has 2 amide bonds. The van der Waals surface area contributed by atoms with Crippen molar-refractivity contribution in [1.29, 1.82) is 0 Å². The molecule has 3 aliphatic rings. The lowest BCUT2D eigenvalue weighted by atomic mass is 9.77. The van der Waals surface area contributed by atoms with Crippen LogP contribution in [0.1, 0.15) is 93.4 Å². The van der Waals surface area contributed by atoms with Crippen LogP contribution in [0.15, 0.2) is 30.5 Å². The fourth-order valence-corrected chi connectivity index (χ4v) is 9.06. The van der Waals surface area contributed by atoms with Gasteiger partial charge in [-0.3, -0.25) is 19.2 Å². The minimum atomic E-state index is -4.41. The van der Waals surface area contributed by atoms with E-state index in [-0.39, 0.29) is 31.7 Å². The number of carbonyl (C=O) groups is 4. The Morgan fingerprint density at radius 1 is 1.09 bits per heavy atom. The highest BCUT2D eigenvalue weighted by molar-refractivity contribution is 7.85. The first-order valence-electron chi connectivity index (χ1n) is 19.1. The standard InChI is InChI=1S/C40H58N4O10S/c1-11-26-21-40(26,36(48)42-55(49,50)54-39(7)15-16-39)22-32(45)31-19-28(52-34-29-13-12-27(51-10)18-25(29)14-17-41-34)23-44(31)35(47)30(37(2,3)4)20-33(46)53-38(5,6)24-43(8)9/h12-14,17-18,26,28,30-31H,11,15-16,19-24H2,1-10H3,(H,42,48)/t26-,28-,30-,31+,40-/m1/s1. The van der Waals surface area contributed by atoms with Gasteiger partial charge in [-0.25, -0.2) is 13.9 Å². The summed E-state index contributed by atoms with van der Waals surface area (Å²) in [5.41, 5.74) is -3.63. The summed E-state index contributed by atoms with van der Waals surface area (Å²) in [6, 6.07) is 6.29. The number of aromatic nitrogens is 1. The number of nitrogens with one attached hydrogen (secondary N) is 1. The molecule has 3 fully saturated rings. The molecule has 1 aromatic carbocycles. The van der Waals surface area contributed by atoms with Crippen LogP contribution in [0.4, 0.5) is 0 Å². The van der Waals surface area contributed by atoms with Crippen LogP contribution in [-0.2, 0) is 38.4 Å². The number of ether oxygens (including phenoxy) is 3. The summed E-state index contributed by atoms with van der Waals surface area (Å²) < 4.78 is 50.7. The summed E-state index contributed by atoms with van der Waals surface area (Å²) >= 11 is 0. The molecular formula is C40H58N4O10S. The number of rotatable bonds is 17. The lowest BCUT2D eigenvalue weighted by molar-refractivity contribution is -0.163. The molecule has 15 heteroatoms. The molecule has 0 spiro atoms. The number of methoxy groups -OCH3 is 1. The summed E-state index contributed by atoms with van der Waals surface area (Å²) in [6.45, 7) is 13.3. The molecule has 2 heterocycles. The van der Waals surface area contributed by atoms with Crippen LogP contribution in [0.25, 0.3) is 10.8 Å². The Kier molecular flexibility index (Phi) is 12.0. The highest BCUT2D eigenvalue weighted by Gasteiger charge is 2.62. The number of nitrogens with zero attached hydrogens (tertiary/aromatic N) is 3. The minimum Gasteiger partial charge on any atom is -0.497 e. The molecule has 55 heavy (non-hydrogen) atoms. The molecule has 1 N–H and O–H groups in total. The van der Waals surface area contributed by atoms with E-state index >= 15 is 0 Å². The summed E-state index contributed by atoms with van der Waals surface area (Å²) in [4.78, 5) is 64.2. The highest BCUT2D eigenvalue weighted by Crippen LogP contribution is 2.58. The minimum absolute atomic E-state index is 0.0222. The zero-order chi connectivity index (χ0) is 40.7. The molecule has 0 radical (unpaired) electrons. The van der Waals surface area contributed by atoms with Gasteiger partial charge in [0, 0.05) is 31.0 Å². The Hall–Kier alpha value is -3.82. The average molecular weight is 787 g/mol.